The Kier molecular flexibility index (Phi) is 9.68. The van der Waals surface area contributed by atoms with Crippen molar-refractivity contribution in [2.75, 3.05) is 0 Å². The van der Waals surface area contributed by atoms with Gasteiger partial charge in [-0.15, -0.1) is 0 Å². The Morgan fingerprint density at radius 3 is 0.955 bits per heavy atom. The summed E-state index contributed by atoms with van der Waals surface area (Å²) in [4.78, 5) is 0. The lowest BCUT2D eigenvalue weighted by molar-refractivity contribution is -0.139. The topological polar surface area (TPSA) is 9.86 Å². The number of aromatic nitrogens is 2. The molecule has 0 amide bonds. The van der Waals surface area contributed by atoms with Gasteiger partial charge in [-0.05, 0) is 118 Å². The monoisotopic (exact) mass is 908 g/mol. The highest BCUT2D eigenvalue weighted by atomic mass is 19.4. The van der Waals surface area contributed by atoms with E-state index in [0.717, 1.165) is 60.7 Å². The van der Waals surface area contributed by atoms with Crippen molar-refractivity contribution in [3.8, 4) is 44.8 Å². The molecule has 2 heterocycles. The quantitative estimate of drug-likeness (QED) is 0.152. The molecule has 14 heteroatoms. The third-order valence-electron chi connectivity index (χ3n) is 11.9. The van der Waals surface area contributed by atoms with Crippen LogP contribution in [0.4, 0.5) is 52.7 Å². The Hall–Kier alpha value is -7.48. The zero-order chi connectivity index (χ0) is 46.5. The van der Waals surface area contributed by atoms with Crippen LogP contribution in [-0.2, 0) is 24.7 Å². The second-order valence-corrected chi connectivity index (χ2v) is 15.8. The number of hydrogen-bond donors (Lipinski definition) is 0. The minimum atomic E-state index is -5.13. The van der Waals surface area contributed by atoms with E-state index in [1.165, 1.54) is 24.3 Å². The normalized spacial score (nSPS) is 12.8. The highest BCUT2D eigenvalue weighted by molar-refractivity contribution is 6.11. The van der Waals surface area contributed by atoms with Gasteiger partial charge in [-0.1, -0.05) is 84.9 Å². The minimum absolute atomic E-state index is 0.0744. The van der Waals surface area contributed by atoms with Crippen molar-refractivity contribution < 1.29 is 52.7 Å². The van der Waals surface area contributed by atoms with Crippen molar-refractivity contribution in [3.05, 3.63) is 192 Å². The number of fused-ring (bicyclic) bond motifs is 6. The van der Waals surface area contributed by atoms with E-state index in [2.05, 4.69) is 0 Å². The van der Waals surface area contributed by atoms with Crippen LogP contribution in [-0.4, -0.2) is 9.13 Å². The molecule has 0 saturated carbocycles. The number of benzene rings is 8. The van der Waals surface area contributed by atoms with Crippen molar-refractivity contribution >= 4 is 43.6 Å². The number of alkyl halides is 12. The van der Waals surface area contributed by atoms with E-state index in [9.17, 15) is 26.3 Å². The lowest BCUT2D eigenvalue weighted by Gasteiger charge is -2.21. The summed E-state index contributed by atoms with van der Waals surface area (Å²) < 4.78 is 174. The van der Waals surface area contributed by atoms with E-state index in [1.54, 1.807) is 94.1 Å². The molecule has 10 rings (SSSR count). The SMILES string of the molecule is FC(F)(F)c1ccc(-c2ccc3c4ccccc4n(-c4ccc(C(F)(F)F)c(-c5cc(-n6c7ccccc7c7ccc(-c8ccc(C(F)(F)F)cc8)cc76)ccc5C(F)(F)F)c4)c3c2)cc1. The van der Waals surface area contributed by atoms with Crippen LogP contribution >= 0.6 is 0 Å². The molecule has 0 aliphatic heterocycles. The van der Waals surface area contributed by atoms with Gasteiger partial charge >= 0.3 is 24.7 Å². The molecule has 0 atom stereocenters. The van der Waals surface area contributed by atoms with Gasteiger partial charge < -0.3 is 9.13 Å². The molecule has 2 aromatic heterocycles. The summed E-state index contributed by atoms with van der Waals surface area (Å²) in [6, 6.07) is 38.8. The molecular formula is C52H28F12N2. The van der Waals surface area contributed by atoms with Gasteiger partial charge in [-0.2, -0.15) is 52.7 Å². The number of rotatable bonds is 5. The van der Waals surface area contributed by atoms with Gasteiger partial charge in [0.2, 0.25) is 0 Å². The second kappa shape index (κ2) is 15.0. The molecule has 0 unspecified atom stereocenters. The van der Waals surface area contributed by atoms with Crippen LogP contribution in [0, 0.1) is 0 Å². The summed E-state index contributed by atoms with van der Waals surface area (Å²) in [6.45, 7) is 0. The zero-order valence-electron chi connectivity index (χ0n) is 33.6. The molecule has 0 N–H and O–H groups in total. The van der Waals surface area contributed by atoms with Crippen LogP contribution in [0.1, 0.15) is 22.3 Å². The fourth-order valence-electron chi connectivity index (χ4n) is 8.84. The fourth-order valence-corrected chi connectivity index (χ4v) is 8.84. The van der Waals surface area contributed by atoms with Gasteiger partial charge in [0.15, 0.2) is 0 Å². The molecule has 0 spiro atoms. The number of halogens is 12. The third kappa shape index (κ3) is 7.30. The van der Waals surface area contributed by atoms with Gasteiger partial charge in [-0.3, -0.25) is 0 Å². The molecule has 0 saturated heterocycles. The lowest BCUT2D eigenvalue weighted by Crippen LogP contribution is -2.12. The van der Waals surface area contributed by atoms with E-state index in [4.69, 9.17) is 0 Å². The largest absolute Gasteiger partial charge is 0.417 e. The lowest BCUT2D eigenvalue weighted by atomic mass is 9.93. The van der Waals surface area contributed by atoms with E-state index in [-0.39, 0.29) is 11.4 Å². The summed E-state index contributed by atoms with van der Waals surface area (Å²) in [5.41, 5.74) is -2.15. The number of nitrogens with zero attached hydrogens (tertiary/aromatic N) is 2. The average Bonchev–Trinajstić information content (AvgIpc) is 3.79. The van der Waals surface area contributed by atoms with E-state index >= 15 is 26.3 Å². The van der Waals surface area contributed by atoms with Crippen molar-refractivity contribution in [2.24, 2.45) is 0 Å². The van der Waals surface area contributed by atoms with Gasteiger partial charge in [0.05, 0.1) is 44.3 Å². The summed E-state index contributed by atoms with van der Waals surface area (Å²) in [5, 5.41) is 2.58. The van der Waals surface area contributed by atoms with Crippen molar-refractivity contribution in [1.29, 1.82) is 0 Å². The van der Waals surface area contributed by atoms with Crippen molar-refractivity contribution in [2.45, 2.75) is 24.7 Å². The van der Waals surface area contributed by atoms with Crippen LogP contribution < -0.4 is 0 Å². The molecule has 0 aliphatic carbocycles. The predicted octanol–water partition coefficient (Wildman–Crippen LogP) is 17.0. The summed E-state index contributed by atoms with van der Waals surface area (Å²) in [7, 11) is 0. The summed E-state index contributed by atoms with van der Waals surface area (Å²) in [6.07, 6.45) is -19.4. The predicted molar refractivity (Wildman–Crippen MR) is 231 cm³/mol. The van der Waals surface area contributed by atoms with Crippen molar-refractivity contribution in [1.82, 2.24) is 9.13 Å². The smallest absolute Gasteiger partial charge is 0.309 e. The molecule has 0 bridgehead atoms. The Morgan fingerprint density at radius 1 is 0.273 bits per heavy atom. The van der Waals surface area contributed by atoms with Crippen molar-refractivity contribution in [3.63, 3.8) is 0 Å². The Labute approximate surface area is 366 Å². The average molecular weight is 909 g/mol. The highest BCUT2D eigenvalue weighted by Crippen LogP contribution is 2.47. The first kappa shape index (κ1) is 42.5. The molecule has 0 fully saturated rings. The van der Waals surface area contributed by atoms with Crippen LogP contribution in [0.5, 0.6) is 0 Å². The molecule has 330 valence electrons. The maximum atomic E-state index is 15.1. The molecule has 0 radical (unpaired) electrons. The van der Waals surface area contributed by atoms with Crippen LogP contribution in [0.15, 0.2) is 170 Å². The van der Waals surface area contributed by atoms with E-state index in [1.807, 2.05) is 0 Å². The number of para-hydroxylation sites is 2. The summed E-state index contributed by atoms with van der Waals surface area (Å²) >= 11 is 0. The van der Waals surface area contributed by atoms with E-state index < -0.39 is 58.1 Å². The molecule has 8 aromatic carbocycles. The Balaban J connectivity index is 1.20. The molecule has 10 aromatic rings. The maximum absolute atomic E-state index is 15.1. The first-order valence-corrected chi connectivity index (χ1v) is 20.1. The van der Waals surface area contributed by atoms with Gasteiger partial charge in [0, 0.05) is 32.9 Å². The van der Waals surface area contributed by atoms with Crippen LogP contribution in [0.3, 0.4) is 0 Å². The zero-order valence-corrected chi connectivity index (χ0v) is 33.6. The first-order chi connectivity index (χ1) is 31.3. The minimum Gasteiger partial charge on any atom is -0.309 e. The Bertz CT molecular complexity index is 3280. The fraction of sp³-hybridized carbons (Fsp3) is 0.0769. The standard InChI is InChI=1S/C52H28F12N2/c53-49(54,55)33-15-9-29(10-16-33)31-13-21-39-37-5-1-3-7-45(37)65(47(39)25-31)35-19-23-43(51(59,60)61)41(27-35)42-28-36(20-24-44(42)52(62,63)64)66-46-8-4-2-6-38(46)40-22-14-32(26-48(40)66)30-11-17-34(18-12-30)50(56,57)58/h1-28H. The number of hydrogen-bond acceptors (Lipinski definition) is 0. The third-order valence-corrected chi connectivity index (χ3v) is 11.9. The molecular weight excluding hydrogens is 881 g/mol. The summed E-state index contributed by atoms with van der Waals surface area (Å²) in [5.74, 6) is 0. The Morgan fingerprint density at radius 2 is 0.606 bits per heavy atom. The van der Waals surface area contributed by atoms with Crippen LogP contribution in [0.25, 0.3) is 88.4 Å². The van der Waals surface area contributed by atoms with E-state index in [0.29, 0.717) is 65.9 Å². The maximum Gasteiger partial charge on any atom is 0.417 e. The second-order valence-electron chi connectivity index (χ2n) is 15.8. The first-order valence-electron chi connectivity index (χ1n) is 20.1. The highest BCUT2D eigenvalue weighted by Gasteiger charge is 2.39. The van der Waals surface area contributed by atoms with Gasteiger partial charge in [0.1, 0.15) is 0 Å². The van der Waals surface area contributed by atoms with Gasteiger partial charge in [0.25, 0.3) is 0 Å². The molecule has 2 nitrogen and oxygen atoms in total. The molecule has 0 aliphatic rings. The van der Waals surface area contributed by atoms with Gasteiger partial charge in [-0.25, -0.2) is 0 Å². The van der Waals surface area contributed by atoms with Crippen LogP contribution in [0.2, 0.25) is 0 Å². The molecule has 66 heavy (non-hydrogen) atoms.